The van der Waals surface area contributed by atoms with Gasteiger partial charge in [0.25, 0.3) is 11.8 Å². The number of aromatic nitrogens is 2. The van der Waals surface area contributed by atoms with Gasteiger partial charge in [0.1, 0.15) is 5.69 Å². The van der Waals surface area contributed by atoms with Crippen LogP contribution in [0, 0.1) is 0 Å². The van der Waals surface area contributed by atoms with Gasteiger partial charge in [-0.15, -0.1) is 0 Å². The Hall–Kier alpha value is -2.96. The van der Waals surface area contributed by atoms with Crippen molar-refractivity contribution >= 4 is 40.7 Å². The van der Waals surface area contributed by atoms with Gasteiger partial charge in [0.15, 0.2) is 0 Å². The lowest BCUT2D eigenvalue weighted by molar-refractivity contribution is 0.0944. The number of hydrogen-bond donors (Lipinski definition) is 1. The van der Waals surface area contributed by atoms with Crippen LogP contribution in [-0.4, -0.2) is 21.8 Å². The molecule has 1 N–H and O–H groups in total. The predicted molar refractivity (Wildman–Crippen MR) is 116 cm³/mol. The molecule has 0 unspecified atom stereocenters. The van der Waals surface area contributed by atoms with Crippen LogP contribution in [0.2, 0.25) is 10.0 Å². The zero-order valence-corrected chi connectivity index (χ0v) is 17.8. The number of anilines is 1. The van der Waals surface area contributed by atoms with E-state index in [0.717, 1.165) is 11.1 Å². The Bertz CT molecular complexity index is 1160. The highest BCUT2D eigenvalue weighted by Gasteiger charge is 2.44. The number of pyridine rings is 2. The van der Waals surface area contributed by atoms with Crippen LogP contribution >= 0.6 is 23.2 Å². The Morgan fingerprint density at radius 3 is 2.73 bits per heavy atom. The molecule has 0 atom stereocenters. The normalized spacial score (nSPS) is 14.5. The molecular weight excluding hydrogens is 423 g/mol. The minimum absolute atomic E-state index is 0.116. The average molecular weight is 441 g/mol. The van der Waals surface area contributed by atoms with E-state index >= 15 is 0 Å². The molecule has 3 heterocycles. The molecule has 0 bridgehead atoms. The lowest BCUT2D eigenvalue weighted by Crippen LogP contribution is -2.39. The van der Waals surface area contributed by atoms with Gasteiger partial charge in [-0.2, -0.15) is 0 Å². The van der Waals surface area contributed by atoms with E-state index in [0.29, 0.717) is 16.3 Å². The van der Waals surface area contributed by atoms with Crippen molar-refractivity contribution in [2.45, 2.75) is 25.9 Å². The van der Waals surface area contributed by atoms with Crippen molar-refractivity contribution < 1.29 is 9.59 Å². The van der Waals surface area contributed by atoms with Crippen LogP contribution in [0.25, 0.3) is 0 Å². The van der Waals surface area contributed by atoms with E-state index in [2.05, 4.69) is 15.3 Å². The number of carbonyl (C=O) groups is 2. The molecule has 0 spiro atoms. The highest BCUT2D eigenvalue weighted by atomic mass is 35.5. The van der Waals surface area contributed by atoms with E-state index in [4.69, 9.17) is 23.2 Å². The molecule has 2 aromatic heterocycles. The maximum absolute atomic E-state index is 13.1. The van der Waals surface area contributed by atoms with Crippen molar-refractivity contribution in [2.24, 2.45) is 0 Å². The number of nitrogens with one attached hydrogen (secondary N) is 1. The maximum atomic E-state index is 13.1. The summed E-state index contributed by atoms with van der Waals surface area (Å²) in [6, 6.07) is 10.4. The first kappa shape index (κ1) is 20.3. The lowest BCUT2D eigenvalue weighted by atomic mass is 9.93. The standard InChI is InChI=1S/C22H18Cl2N4O2/c1-22(2)17-9-14(23)5-6-16(17)21(30)28(22)15-8-13(10-25-12-15)11-27-20(29)19-18(24)4-3-7-26-19/h3-10,12H,11H2,1-2H3,(H,27,29). The molecular formula is C22H18Cl2N4O2. The van der Waals surface area contributed by atoms with Crippen LogP contribution in [0.3, 0.4) is 0 Å². The molecule has 8 heteroatoms. The van der Waals surface area contributed by atoms with Gasteiger partial charge in [0.2, 0.25) is 0 Å². The first-order chi connectivity index (χ1) is 14.3. The minimum atomic E-state index is -0.595. The molecule has 6 nitrogen and oxygen atoms in total. The number of carbonyl (C=O) groups excluding carboxylic acids is 2. The maximum Gasteiger partial charge on any atom is 0.271 e. The molecule has 0 aliphatic carbocycles. The van der Waals surface area contributed by atoms with Crippen LogP contribution in [0.15, 0.2) is 55.0 Å². The van der Waals surface area contributed by atoms with Gasteiger partial charge in [0.05, 0.1) is 22.4 Å². The summed E-state index contributed by atoms with van der Waals surface area (Å²) in [6.07, 6.45) is 4.78. The van der Waals surface area contributed by atoms with Crippen molar-refractivity contribution in [1.82, 2.24) is 15.3 Å². The van der Waals surface area contributed by atoms with E-state index in [1.54, 1.807) is 41.6 Å². The van der Waals surface area contributed by atoms with Crippen molar-refractivity contribution in [3.05, 3.63) is 87.4 Å². The van der Waals surface area contributed by atoms with E-state index in [-0.39, 0.29) is 29.1 Å². The number of fused-ring (bicyclic) bond motifs is 1. The Labute approximate surface area is 183 Å². The monoisotopic (exact) mass is 440 g/mol. The zero-order chi connectivity index (χ0) is 21.5. The van der Waals surface area contributed by atoms with E-state index < -0.39 is 5.54 Å². The van der Waals surface area contributed by atoms with Crippen molar-refractivity contribution in [3.8, 4) is 0 Å². The van der Waals surface area contributed by atoms with Gasteiger partial charge in [-0.3, -0.25) is 19.5 Å². The summed E-state index contributed by atoms with van der Waals surface area (Å²) >= 11 is 12.2. The zero-order valence-electron chi connectivity index (χ0n) is 16.3. The van der Waals surface area contributed by atoms with Gasteiger partial charge in [-0.05, 0) is 61.4 Å². The van der Waals surface area contributed by atoms with Crippen LogP contribution in [0.1, 0.15) is 45.8 Å². The Kier molecular flexibility index (Phi) is 5.22. The van der Waals surface area contributed by atoms with Gasteiger partial charge in [-0.1, -0.05) is 23.2 Å². The third-order valence-electron chi connectivity index (χ3n) is 5.10. The highest BCUT2D eigenvalue weighted by molar-refractivity contribution is 6.33. The second-order valence-corrected chi connectivity index (χ2v) is 8.30. The number of benzene rings is 1. The quantitative estimate of drug-likeness (QED) is 0.642. The first-order valence-electron chi connectivity index (χ1n) is 9.26. The Morgan fingerprint density at radius 1 is 1.17 bits per heavy atom. The topological polar surface area (TPSA) is 75.2 Å². The summed E-state index contributed by atoms with van der Waals surface area (Å²) in [6.45, 7) is 4.14. The molecule has 0 radical (unpaired) electrons. The molecule has 0 saturated heterocycles. The number of amides is 2. The third kappa shape index (κ3) is 3.53. The fraction of sp³-hybridized carbons (Fsp3) is 0.182. The molecule has 0 saturated carbocycles. The average Bonchev–Trinajstić information content (AvgIpc) is 2.91. The molecule has 4 rings (SSSR count). The smallest absolute Gasteiger partial charge is 0.271 e. The minimum Gasteiger partial charge on any atom is -0.347 e. The number of halogens is 2. The van der Waals surface area contributed by atoms with Crippen molar-refractivity contribution in [3.63, 3.8) is 0 Å². The fourth-order valence-electron chi connectivity index (χ4n) is 3.66. The third-order valence-corrected chi connectivity index (χ3v) is 5.64. The van der Waals surface area contributed by atoms with Gasteiger partial charge >= 0.3 is 0 Å². The van der Waals surface area contributed by atoms with E-state index in [1.165, 1.54) is 6.20 Å². The second kappa shape index (κ2) is 7.70. The largest absolute Gasteiger partial charge is 0.347 e. The second-order valence-electron chi connectivity index (χ2n) is 7.46. The summed E-state index contributed by atoms with van der Waals surface area (Å²) in [7, 11) is 0. The van der Waals surface area contributed by atoms with Crippen LogP contribution in [0.4, 0.5) is 5.69 Å². The Balaban J connectivity index is 1.58. The summed E-state index contributed by atoms with van der Waals surface area (Å²) < 4.78 is 0. The Morgan fingerprint density at radius 2 is 1.97 bits per heavy atom. The molecule has 152 valence electrons. The predicted octanol–water partition coefficient (Wildman–Crippen LogP) is 4.61. The molecule has 2 amide bonds. The van der Waals surface area contributed by atoms with Crippen molar-refractivity contribution in [1.29, 1.82) is 0 Å². The van der Waals surface area contributed by atoms with Crippen LogP contribution in [0.5, 0.6) is 0 Å². The van der Waals surface area contributed by atoms with Gasteiger partial charge in [0, 0.05) is 29.5 Å². The van der Waals surface area contributed by atoms with E-state index in [1.807, 2.05) is 26.0 Å². The number of rotatable bonds is 4. The number of hydrogen-bond acceptors (Lipinski definition) is 4. The summed E-state index contributed by atoms with van der Waals surface area (Å²) in [5.74, 6) is -0.499. The molecule has 3 aromatic rings. The van der Waals surface area contributed by atoms with Crippen molar-refractivity contribution in [2.75, 3.05) is 4.90 Å². The summed E-state index contributed by atoms with van der Waals surface area (Å²) in [4.78, 5) is 35.4. The molecule has 30 heavy (non-hydrogen) atoms. The highest BCUT2D eigenvalue weighted by Crippen LogP contribution is 2.42. The summed E-state index contributed by atoms with van der Waals surface area (Å²) in [5.41, 5.74) is 2.43. The van der Waals surface area contributed by atoms with Gasteiger partial charge < -0.3 is 5.32 Å². The molecule has 0 fully saturated rings. The summed E-state index contributed by atoms with van der Waals surface area (Å²) in [5, 5.41) is 3.65. The molecule has 1 aliphatic rings. The lowest BCUT2D eigenvalue weighted by Gasteiger charge is -2.32. The van der Waals surface area contributed by atoms with E-state index in [9.17, 15) is 9.59 Å². The van der Waals surface area contributed by atoms with Crippen LogP contribution in [-0.2, 0) is 12.1 Å². The van der Waals surface area contributed by atoms with Gasteiger partial charge in [-0.25, -0.2) is 4.98 Å². The first-order valence-corrected chi connectivity index (χ1v) is 10.0. The van der Waals surface area contributed by atoms with Crippen LogP contribution < -0.4 is 10.2 Å². The molecule has 1 aliphatic heterocycles. The SMILES string of the molecule is CC1(C)c2cc(Cl)ccc2C(=O)N1c1cncc(CNC(=O)c2ncccc2Cl)c1. The molecule has 1 aromatic carbocycles. The fourth-order valence-corrected chi connectivity index (χ4v) is 4.04. The number of nitrogens with zero attached hydrogens (tertiary/aromatic N) is 3.